The molecule has 1 fully saturated rings. The average Bonchev–Trinajstić information content (AvgIpc) is 2.26. The van der Waals surface area contributed by atoms with Gasteiger partial charge in [-0.05, 0) is 12.1 Å². The van der Waals surface area contributed by atoms with E-state index in [2.05, 4.69) is 9.98 Å². The maximum absolute atomic E-state index is 11.2. The Morgan fingerprint density at radius 2 is 1.87 bits per heavy atom. The highest BCUT2D eigenvalue weighted by Crippen LogP contribution is 2.13. The van der Waals surface area contributed by atoms with Crippen molar-refractivity contribution >= 4 is 11.1 Å². The minimum atomic E-state index is -1.19. The molecule has 3 rings (SSSR count). The minimum absolute atomic E-state index is 0.0227. The normalized spacial score (nSPS) is 33.2. The van der Waals surface area contributed by atoms with Gasteiger partial charge in [0.05, 0.1) is 35.2 Å². The van der Waals surface area contributed by atoms with Gasteiger partial charge < -0.3 is 0 Å². The van der Waals surface area contributed by atoms with Gasteiger partial charge >= 0.3 is 0 Å². The van der Waals surface area contributed by atoms with Gasteiger partial charge in [0.1, 0.15) is 0 Å². The van der Waals surface area contributed by atoms with E-state index in [4.69, 9.17) is 4.18 Å². The molecule has 1 saturated heterocycles. The Hall–Kier alpha value is -1.07. The molecular formula is C10H10N2O2S. The highest BCUT2D eigenvalue weighted by atomic mass is 32.2. The minimum Gasteiger partial charge on any atom is -0.288 e. The molecule has 5 heteroatoms. The molecule has 0 N–H and O–H groups in total. The van der Waals surface area contributed by atoms with E-state index in [0.29, 0.717) is 12.4 Å². The quantitative estimate of drug-likeness (QED) is 0.587. The van der Waals surface area contributed by atoms with Gasteiger partial charge in [0, 0.05) is 0 Å². The van der Waals surface area contributed by atoms with Gasteiger partial charge in [0.2, 0.25) is 0 Å². The first-order valence-electron chi connectivity index (χ1n) is 4.85. The van der Waals surface area contributed by atoms with E-state index in [1.54, 1.807) is 0 Å². The van der Waals surface area contributed by atoms with E-state index < -0.39 is 11.1 Å². The number of rotatable bonds is 0. The van der Waals surface area contributed by atoms with Crippen LogP contribution in [0.25, 0.3) is 0 Å². The Morgan fingerprint density at radius 3 is 2.60 bits per heavy atom. The molecule has 0 amide bonds. The van der Waals surface area contributed by atoms with Crippen molar-refractivity contribution in [1.29, 1.82) is 0 Å². The van der Waals surface area contributed by atoms with E-state index in [1.165, 1.54) is 0 Å². The number of hydrogen-bond acceptors (Lipinski definition) is 4. The molecule has 1 aromatic rings. The second-order valence-electron chi connectivity index (χ2n) is 3.64. The third kappa shape index (κ3) is 1.61. The van der Waals surface area contributed by atoms with Crippen molar-refractivity contribution in [2.45, 2.75) is 12.1 Å². The lowest BCUT2D eigenvalue weighted by Gasteiger charge is -2.26. The van der Waals surface area contributed by atoms with Gasteiger partial charge in [-0.3, -0.25) is 14.2 Å². The number of nitrogens with zero attached hydrogens (tertiary/aromatic N) is 2. The zero-order chi connectivity index (χ0) is 10.3. The molecule has 3 atom stereocenters. The van der Waals surface area contributed by atoms with Crippen molar-refractivity contribution < 1.29 is 8.39 Å². The molecule has 0 bridgehead atoms. The van der Waals surface area contributed by atoms with Crippen molar-refractivity contribution in [2.75, 3.05) is 12.4 Å². The topological polar surface area (TPSA) is 51.0 Å². The van der Waals surface area contributed by atoms with Crippen molar-refractivity contribution in [1.82, 2.24) is 0 Å². The smallest absolute Gasteiger partial charge is 0.157 e. The second kappa shape index (κ2) is 3.50. The molecule has 1 aromatic carbocycles. The van der Waals surface area contributed by atoms with E-state index in [1.807, 2.05) is 24.3 Å². The van der Waals surface area contributed by atoms with Crippen LogP contribution in [0.15, 0.2) is 34.3 Å². The van der Waals surface area contributed by atoms with Gasteiger partial charge in [-0.15, -0.1) is 0 Å². The van der Waals surface area contributed by atoms with Crippen LogP contribution in [-0.4, -0.2) is 28.7 Å². The predicted octanol–water partition coefficient (Wildman–Crippen LogP) is -0.630. The van der Waals surface area contributed by atoms with E-state index >= 15 is 0 Å². The summed E-state index contributed by atoms with van der Waals surface area (Å²) >= 11 is -1.19. The Kier molecular flexibility index (Phi) is 2.14. The van der Waals surface area contributed by atoms with Crippen LogP contribution in [0.2, 0.25) is 0 Å². The Labute approximate surface area is 89.4 Å². The summed E-state index contributed by atoms with van der Waals surface area (Å²) in [5.41, 5.74) is 0. The summed E-state index contributed by atoms with van der Waals surface area (Å²) in [6.07, 6.45) is 0. The fraction of sp³-hybridized carbons (Fsp3) is 0.400. The molecule has 78 valence electrons. The number of benzene rings is 1. The average molecular weight is 222 g/mol. The van der Waals surface area contributed by atoms with Crippen LogP contribution in [0, 0.1) is 0 Å². The van der Waals surface area contributed by atoms with E-state index in [-0.39, 0.29) is 12.1 Å². The van der Waals surface area contributed by atoms with Gasteiger partial charge in [0.25, 0.3) is 0 Å². The molecule has 4 nitrogen and oxygen atoms in total. The van der Waals surface area contributed by atoms with Gasteiger partial charge in [-0.25, -0.2) is 4.21 Å². The summed E-state index contributed by atoms with van der Waals surface area (Å²) in [4.78, 5) is 9.10. The molecule has 0 spiro atoms. The zero-order valence-electron chi connectivity index (χ0n) is 8.00. The highest BCUT2D eigenvalue weighted by Gasteiger charge is 2.30. The van der Waals surface area contributed by atoms with E-state index in [0.717, 1.165) is 10.7 Å². The van der Waals surface area contributed by atoms with Crippen LogP contribution in [0.3, 0.4) is 0 Å². The lowest BCUT2D eigenvalue weighted by Crippen LogP contribution is -2.46. The summed E-state index contributed by atoms with van der Waals surface area (Å²) in [6, 6.07) is 7.83. The lowest BCUT2D eigenvalue weighted by molar-refractivity contribution is 0.270. The van der Waals surface area contributed by atoms with Crippen molar-refractivity contribution in [3.05, 3.63) is 35.0 Å². The molecule has 0 aromatic heterocycles. The molecule has 0 aliphatic carbocycles. The van der Waals surface area contributed by atoms with Gasteiger partial charge in [0.15, 0.2) is 11.1 Å². The number of para-hydroxylation sites is 2. The zero-order valence-corrected chi connectivity index (χ0v) is 8.81. The largest absolute Gasteiger partial charge is 0.288 e. The van der Waals surface area contributed by atoms with Crippen molar-refractivity contribution in [2.24, 2.45) is 9.98 Å². The molecule has 0 saturated carbocycles. The van der Waals surface area contributed by atoms with Gasteiger partial charge in [-0.2, -0.15) is 0 Å². The Morgan fingerprint density at radius 1 is 1.20 bits per heavy atom. The highest BCUT2D eigenvalue weighted by molar-refractivity contribution is 7.80. The summed E-state index contributed by atoms with van der Waals surface area (Å²) in [5, 5.41) is 1.81. The first-order valence-corrected chi connectivity index (χ1v) is 6.10. The van der Waals surface area contributed by atoms with Gasteiger partial charge in [-0.1, -0.05) is 12.1 Å². The molecule has 3 unspecified atom stereocenters. The van der Waals surface area contributed by atoms with Crippen LogP contribution < -0.4 is 10.7 Å². The molecule has 15 heavy (non-hydrogen) atoms. The van der Waals surface area contributed by atoms with Crippen LogP contribution in [0.1, 0.15) is 0 Å². The standard InChI is InChI=1S/C10H10N2O2S/c13-15-6-10-9(5-14-15)11-7-3-1-2-4-8(7)12-10/h1-4,9-10H,5-6H2. The third-order valence-electron chi connectivity index (χ3n) is 2.61. The first-order chi connectivity index (χ1) is 7.33. The van der Waals surface area contributed by atoms with Crippen LogP contribution in [0.5, 0.6) is 0 Å². The van der Waals surface area contributed by atoms with Crippen molar-refractivity contribution in [3.63, 3.8) is 0 Å². The molecule has 2 aliphatic rings. The fourth-order valence-electron chi connectivity index (χ4n) is 1.84. The van der Waals surface area contributed by atoms with Crippen LogP contribution >= 0.6 is 0 Å². The monoisotopic (exact) mass is 222 g/mol. The SMILES string of the molecule is O=S1CC2N=c3ccccc3=NC2CO1. The third-order valence-corrected chi connectivity index (χ3v) is 3.63. The number of fused-ring (bicyclic) bond motifs is 2. The lowest BCUT2D eigenvalue weighted by atomic mass is 10.1. The predicted molar refractivity (Wildman–Crippen MR) is 55.3 cm³/mol. The second-order valence-corrected chi connectivity index (χ2v) is 4.81. The number of hydrogen-bond donors (Lipinski definition) is 0. The van der Waals surface area contributed by atoms with Crippen molar-refractivity contribution in [3.8, 4) is 0 Å². The summed E-state index contributed by atoms with van der Waals surface area (Å²) in [5.74, 6) is 0.461. The maximum atomic E-state index is 11.2. The molecular weight excluding hydrogens is 212 g/mol. The summed E-state index contributed by atoms with van der Waals surface area (Å²) in [6.45, 7) is 0.412. The Balaban J connectivity index is 2.11. The maximum Gasteiger partial charge on any atom is 0.157 e. The van der Waals surface area contributed by atoms with Crippen LogP contribution in [0.4, 0.5) is 0 Å². The fourth-order valence-corrected chi connectivity index (χ4v) is 2.80. The summed E-state index contributed by atoms with van der Waals surface area (Å²) < 4.78 is 16.3. The molecule has 2 aliphatic heterocycles. The summed E-state index contributed by atoms with van der Waals surface area (Å²) in [7, 11) is 0. The van der Waals surface area contributed by atoms with E-state index in [9.17, 15) is 4.21 Å². The van der Waals surface area contributed by atoms with Crippen LogP contribution in [-0.2, 0) is 15.3 Å². The first kappa shape index (κ1) is 9.18. The Bertz CT molecular complexity index is 528. The molecule has 0 radical (unpaired) electrons. The molecule has 2 heterocycles.